The summed E-state index contributed by atoms with van der Waals surface area (Å²) in [5.41, 5.74) is -0.711. The number of benzene rings is 1. The van der Waals surface area contributed by atoms with Gasteiger partial charge < -0.3 is 5.11 Å². The van der Waals surface area contributed by atoms with Crippen molar-refractivity contribution in [3.8, 4) is 5.69 Å². The van der Waals surface area contributed by atoms with E-state index >= 15 is 0 Å². The van der Waals surface area contributed by atoms with Crippen molar-refractivity contribution >= 4 is 11.7 Å². The first kappa shape index (κ1) is 21.6. The van der Waals surface area contributed by atoms with Gasteiger partial charge in [0.25, 0.3) is 5.91 Å². The first-order chi connectivity index (χ1) is 15.6. The topological polar surface area (TPSA) is 84.1 Å². The zero-order valence-electron chi connectivity index (χ0n) is 18.0. The van der Waals surface area contributed by atoms with Crippen LogP contribution < -0.4 is 4.90 Å². The van der Waals surface area contributed by atoms with E-state index in [2.05, 4.69) is 15.2 Å². The van der Waals surface area contributed by atoms with E-state index in [4.69, 9.17) is 0 Å². The van der Waals surface area contributed by atoms with E-state index in [1.807, 2.05) is 31.2 Å². The number of alkyl halides is 3. The lowest BCUT2D eigenvalue weighted by molar-refractivity contribution is -0.138. The second-order valence-corrected chi connectivity index (χ2v) is 8.79. The third kappa shape index (κ3) is 3.40. The highest BCUT2D eigenvalue weighted by Gasteiger charge is 2.63. The second kappa shape index (κ2) is 7.38. The van der Waals surface area contributed by atoms with Crippen LogP contribution in [0.25, 0.3) is 5.69 Å². The zero-order valence-corrected chi connectivity index (χ0v) is 18.0. The molecule has 0 unspecified atom stereocenters. The molecule has 10 heteroatoms. The van der Waals surface area contributed by atoms with Crippen LogP contribution in [0.15, 0.2) is 42.7 Å². The van der Waals surface area contributed by atoms with E-state index in [9.17, 15) is 23.1 Å². The van der Waals surface area contributed by atoms with Gasteiger partial charge in [-0.25, -0.2) is 4.98 Å². The zero-order chi connectivity index (χ0) is 23.5. The summed E-state index contributed by atoms with van der Waals surface area (Å²) < 4.78 is 42.3. The van der Waals surface area contributed by atoms with Gasteiger partial charge in [0.1, 0.15) is 23.8 Å². The van der Waals surface area contributed by atoms with Crippen molar-refractivity contribution in [1.29, 1.82) is 0 Å². The fourth-order valence-corrected chi connectivity index (χ4v) is 5.12. The highest BCUT2D eigenvalue weighted by molar-refractivity contribution is 6.02. The summed E-state index contributed by atoms with van der Waals surface area (Å²) in [5, 5.41) is 19.6. The Hall–Kier alpha value is -3.27. The van der Waals surface area contributed by atoms with Crippen LogP contribution in [0, 0.1) is 19.8 Å². The van der Waals surface area contributed by atoms with Gasteiger partial charge in [-0.05, 0) is 62.9 Å². The molecule has 1 saturated heterocycles. The van der Waals surface area contributed by atoms with E-state index < -0.39 is 35.2 Å². The number of halogens is 3. The summed E-state index contributed by atoms with van der Waals surface area (Å²) in [7, 11) is 0. The number of aryl methyl sites for hydroxylation is 2. The number of hydrogen-bond acceptors (Lipinski definition) is 5. The molecule has 1 aliphatic carbocycles. The smallest absolute Gasteiger partial charge is 0.380 e. The fraction of sp³-hybridized carbons (Fsp3) is 0.391. The van der Waals surface area contributed by atoms with Crippen LogP contribution >= 0.6 is 0 Å². The van der Waals surface area contributed by atoms with Gasteiger partial charge in [0.15, 0.2) is 5.82 Å². The molecule has 1 aliphatic heterocycles. The molecule has 3 atom stereocenters. The summed E-state index contributed by atoms with van der Waals surface area (Å²) >= 11 is 0. The van der Waals surface area contributed by atoms with Crippen molar-refractivity contribution < 1.29 is 23.1 Å². The maximum Gasteiger partial charge on any atom is 0.416 e. The van der Waals surface area contributed by atoms with Gasteiger partial charge in [-0.3, -0.25) is 14.3 Å². The van der Waals surface area contributed by atoms with Crippen molar-refractivity contribution in [3.05, 3.63) is 65.4 Å². The van der Waals surface area contributed by atoms with Gasteiger partial charge in [-0.1, -0.05) is 12.1 Å². The van der Waals surface area contributed by atoms with E-state index in [0.29, 0.717) is 18.7 Å². The summed E-state index contributed by atoms with van der Waals surface area (Å²) in [6, 6.07) is 8.55. The first-order valence-corrected chi connectivity index (χ1v) is 10.7. The Morgan fingerprint density at radius 2 is 1.97 bits per heavy atom. The number of amides is 1. The number of fused-ring (bicyclic) bond motifs is 1. The Balaban J connectivity index is 1.69. The van der Waals surface area contributed by atoms with Crippen LogP contribution in [0.5, 0.6) is 0 Å². The number of hydrogen-bond donors (Lipinski definition) is 1. The lowest BCUT2D eigenvalue weighted by Gasteiger charge is -2.27. The molecule has 3 aromatic rings. The average molecular weight is 457 g/mol. The highest BCUT2D eigenvalue weighted by atomic mass is 19.4. The Kier molecular flexibility index (Phi) is 4.82. The molecule has 0 spiro atoms. The van der Waals surface area contributed by atoms with Crippen molar-refractivity contribution in [3.63, 3.8) is 0 Å². The Morgan fingerprint density at radius 1 is 1.18 bits per heavy atom. The molecular formula is C23H22F3N5O2. The van der Waals surface area contributed by atoms with Crippen LogP contribution in [0.3, 0.4) is 0 Å². The van der Waals surface area contributed by atoms with Gasteiger partial charge in [-0.2, -0.15) is 13.2 Å². The maximum absolute atomic E-state index is 13.5. The third-order valence-corrected chi connectivity index (χ3v) is 6.57. The summed E-state index contributed by atoms with van der Waals surface area (Å²) in [6.45, 7) is 3.38. The standard InChI is InChI=1S/C23H22F3N5O2/c1-13-5-3-6-16(9-13)30-12-27-29-20(30)19-17-7-4-8-22(17,33)21(32)31(19)18-11-15(23(24,25)26)10-14(2)28-18/h3,5-6,9-12,17,19,33H,4,7-8H2,1-2H3/t17-,19+,22+/m1/s1. The molecule has 1 aromatic carbocycles. The summed E-state index contributed by atoms with van der Waals surface area (Å²) in [4.78, 5) is 18.9. The number of rotatable bonds is 3. The van der Waals surface area contributed by atoms with Crippen LogP contribution in [0.4, 0.5) is 19.0 Å². The monoisotopic (exact) mass is 457 g/mol. The van der Waals surface area contributed by atoms with Gasteiger partial charge in [0, 0.05) is 17.3 Å². The first-order valence-electron chi connectivity index (χ1n) is 10.7. The minimum atomic E-state index is -4.60. The summed E-state index contributed by atoms with van der Waals surface area (Å²) in [6.07, 6.45) is -1.70. The predicted octanol–water partition coefficient (Wildman–Crippen LogP) is 3.92. The van der Waals surface area contributed by atoms with Crippen LogP contribution in [-0.2, 0) is 11.0 Å². The second-order valence-electron chi connectivity index (χ2n) is 8.79. The molecule has 1 amide bonds. The van der Waals surface area contributed by atoms with Crippen molar-refractivity contribution in [1.82, 2.24) is 19.7 Å². The Bertz CT molecular complexity index is 1240. The fourth-order valence-electron chi connectivity index (χ4n) is 5.12. The van der Waals surface area contributed by atoms with Crippen LogP contribution in [-0.4, -0.2) is 36.4 Å². The lowest BCUT2D eigenvalue weighted by Crippen LogP contribution is -2.41. The molecule has 0 bridgehead atoms. The van der Waals surface area contributed by atoms with E-state index in [-0.39, 0.29) is 17.9 Å². The number of pyridine rings is 1. The molecule has 2 aliphatic rings. The molecule has 2 aromatic heterocycles. The summed E-state index contributed by atoms with van der Waals surface area (Å²) in [5.74, 6) is -0.984. The van der Waals surface area contributed by atoms with Crippen LogP contribution in [0.2, 0.25) is 0 Å². The molecule has 33 heavy (non-hydrogen) atoms. The predicted molar refractivity (Wildman–Crippen MR) is 113 cm³/mol. The van der Waals surface area contributed by atoms with E-state index in [1.54, 1.807) is 4.57 Å². The number of carbonyl (C=O) groups is 1. The minimum absolute atomic E-state index is 0.121. The molecule has 3 heterocycles. The van der Waals surface area contributed by atoms with Gasteiger partial charge >= 0.3 is 6.18 Å². The number of aromatic nitrogens is 4. The molecule has 1 N–H and O–H groups in total. The Labute approximate surface area is 187 Å². The number of aliphatic hydroxyl groups is 1. The van der Waals surface area contributed by atoms with Crippen molar-refractivity contribution in [2.45, 2.75) is 50.9 Å². The highest BCUT2D eigenvalue weighted by Crippen LogP contribution is 2.53. The average Bonchev–Trinajstić information content (AvgIpc) is 3.42. The van der Waals surface area contributed by atoms with Gasteiger partial charge in [-0.15, -0.1) is 10.2 Å². The van der Waals surface area contributed by atoms with Crippen molar-refractivity contribution in [2.75, 3.05) is 4.90 Å². The molecule has 2 fully saturated rings. The molecule has 172 valence electrons. The quantitative estimate of drug-likeness (QED) is 0.645. The molecule has 0 radical (unpaired) electrons. The third-order valence-electron chi connectivity index (χ3n) is 6.57. The largest absolute Gasteiger partial charge is 0.416 e. The van der Waals surface area contributed by atoms with E-state index in [0.717, 1.165) is 23.4 Å². The number of nitrogens with zero attached hydrogens (tertiary/aromatic N) is 5. The SMILES string of the molecule is Cc1cccc(-n2cnnc2[C@@H]2[C@H]3CCC[C@@]3(O)C(=O)N2c2cc(C(F)(F)F)cc(C)n2)c1. The molecular weight excluding hydrogens is 435 g/mol. The lowest BCUT2D eigenvalue weighted by atomic mass is 9.89. The molecule has 1 saturated carbocycles. The number of carbonyl (C=O) groups excluding carboxylic acids is 1. The van der Waals surface area contributed by atoms with E-state index in [1.165, 1.54) is 18.2 Å². The normalized spacial score (nSPS) is 25.0. The maximum atomic E-state index is 13.5. The van der Waals surface area contributed by atoms with Crippen molar-refractivity contribution in [2.24, 2.45) is 5.92 Å². The minimum Gasteiger partial charge on any atom is -0.380 e. The van der Waals surface area contributed by atoms with Crippen LogP contribution in [0.1, 0.15) is 47.9 Å². The molecule has 5 rings (SSSR count). The Morgan fingerprint density at radius 3 is 2.70 bits per heavy atom. The van der Waals surface area contributed by atoms with Gasteiger partial charge in [0.05, 0.1) is 5.56 Å². The number of anilines is 1. The van der Waals surface area contributed by atoms with Gasteiger partial charge in [0.2, 0.25) is 0 Å². The molecule has 7 nitrogen and oxygen atoms in total.